The summed E-state index contributed by atoms with van der Waals surface area (Å²) >= 11 is 0. The van der Waals surface area contributed by atoms with E-state index in [4.69, 9.17) is 9.15 Å². The summed E-state index contributed by atoms with van der Waals surface area (Å²) in [5.41, 5.74) is 1.05. The molecule has 6 nitrogen and oxygen atoms in total. The third-order valence-electron chi connectivity index (χ3n) is 2.36. The molecule has 2 aromatic rings. The van der Waals surface area contributed by atoms with E-state index in [9.17, 15) is 4.79 Å². The maximum Gasteiger partial charge on any atom is 0.247 e. The molecule has 0 saturated heterocycles. The molecule has 0 spiro atoms. The number of aliphatic imine (C=N–C) groups is 1. The van der Waals surface area contributed by atoms with Crippen molar-refractivity contribution in [3.63, 3.8) is 0 Å². The summed E-state index contributed by atoms with van der Waals surface area (Å²) in [6.07, 6.45) is 2.15. The van der Waals surface area contributed by atoms with Gasteiger partial charge in [0.1, 0.15) is 11.4 Å². The zero-order valence-corrected chi connectivity index (χ0v) is 10.0. The van der Waals surface area contributed by atoms with E-state index in [1.807, 2.05) is 6.92 Å². The fourth-order valence-corrected chi connectivity index (χ4v) is 1.47. The highest BCUT2D eigenvalue weighted by atomic mass is 16.5. The zero-order chi connectivity index (χ0) is 13.0. The molecule has 1 aromatic carbocycles. The largest absolute Gasteiger partial charge is 0.494 e. The Balaban J connectivity index is 2.45. The summed E-state index contributed by atoms with van der Waals surface area (Å²) in [7, 11) is 1.50. The Morgan fingerprint density at radius 1 is 1.44 bits per heavy atom. The van der Waals surface area contributed by atoms with Crippen molar-refractivity contribution in [2.45, 2.75) is 13.3 Å². The van der Waals surface area contributed by atoms with E-state index >= 15 is 0 Å². The molecular formula is C12H11N3O3. The van der Waals surface area contributed by atoms with Crippen molar-refractivity contribution in [1.29, 1.82) is 0 Å². The summed E-state index contributed by atoms with van der Waals surface area (Å²) < 4.78 is 10.5. The number of hydrogen-bond acceptors (Lipinski definition) is 6. The van der Waals surface area contributed by atoms with Gasteiger partial charge in [0.2, 0.25) is 17.9 Å². The molecule has 0 bridgehead atoms. The number of aromatic nitrogens is 2. The van der Waals surface area contributed by atoms with Crippen LogP contribution in [0.4, 0.5) is 5.69 Å². The van der Waals surface area contributed by atoms with E-state index in [0.29, 0.717) is 35.2 Å². The van der Waals surface area contributed by atoms with Crippen molar-refractivity contribution in [2.24, 2.45) is 4.99 Å². The second-order valence-electron chi connectivity index (χ2n) is 3.44. The van der Waals surface area contributed by atoms with Gasteiger partial charge in [-0.25, -0.2) is 4.79 Å². The summed E-state index contributed by atoms with van der Waals surface area (Å²) in [5, 5.41) is 7.79. The first-order chi connectivity index (χ1) is 8.78. The molecule has 1 aromatic heterocycles. The number of aryl methyl sites for hydroxylation is 1. The Kier molecular flexibility index (Phi) is 3.50. The van der Waals surface area contributed by atoms with E-state index in [2.05, 4.69) is 15.2 Å². The first kappa shape index (κ1) is 12.0. The minimum absolute atomic E-state index is 0.376. The summed E-state index contributed by atoms with van der Waals surface area (Å²) in [5.74, 6) is 1.43. The van der Waals surface area contributed by atoms with Gasteiger partial charge >= 0.3 is 0 Å². The lowest BCUT2D eigenvalue weighted by molar-refractivity contribution is 0.416. The van der Waals surface area contributed by atoms with Crippen LogP contribution in [0.25, 0.3) is 11.5 Å². The third kappa shape index (κ3) is 2.28. The lowest BCUT2D eigenvalue weighted by atomic mass is 10.2. The number of rotatable bonds is 4. The SMILES string of the molecule is CCc1nnc(-c2ccc(OC)c(N=C=O)c2)o1. The second kappa shape index (κ2) is 5.25. The van der Waals surface area contributed by atoms with Crippen LogP contribution >= 0.6 is 0 Å². The monoisotopic (exact) mass is 245 g/mol. The fraction of sp³-hybridized carbons (Fsp3) is 0.250. The van der Waals surface area contributed by atoms with Crippen molar-refractivity contribution in [3.05, 3.63) is 24.1 Å². The summed E-state index contributed by atoms with van der Waals surface area (Å²) in [6.45, 7) is 1.92. The van der Waals surface area contributed by atoms with E-state index in [1.165, 1.54) is 13.2 Å². The molecule has 0 aliphatic rings. The van der Waals surface area contributed by atoms with Crippen LogP contribution in [0.5, 0.6) is 5.75 Å². The number of nitrogens with zero attached hydrogens (tertiary/aromatic N) is 3. The molecule has 0 amide bonds. The van der Waals surface area contributed by atoms with Crippen molar-refractivity contribution in [3.8, 4) is 17.2 Å². The second-order valence-corrected chi connectivity index (χ2v) is 3.44. The van der Waals surface area contributed by atoms with Gasteiger partial charge in [-0.2, -0.15) is 4.99 Å². The molecule has 0 aliphatic carbocycles. The van der Waals surface area contributed by atoms with Crippen LogP contribution in [-0.2, 0) is 11.2 Å². The van der Waals surface area contributed by atoms with Crippen LogP contribution < -0.4 is 4.74 Å². The number of isocyanates is 1. The molecule has 2 rings (SSSR count). The lowest BCUT2D eigenvalue weighted by Crippen LogP contribution is -1.85. The standard InChI is InChI=1S/C12H11N3O3/c1-3-11-14-15-12(18-11)8-4-5-10(17-2)9(6-8)13-7-16/h4-6H,3H2,1-2H3. The minimum atomic E-state index is 0.376. The zero-order valence-electron chi connectivity index (χ0n) is 10.0. The first-order valence-corrected chi connectivity index (χ1v) is 5.37. The molecule has 92 valence electrons. The Hall–Kier alpha value is -2.46. The van der Waals surface area contributed by atoms with Crippen molar-refractivity contribution >= 4 is 11.8 Å². The molecule has 0 N–H and O–H groups in total. The maximum atomic E-state index is 10.3. The molecule has 0 radical (unpaired) electrons. The number of ether oxygens (including phenoxy) is 1. The molecule has 0 fully saturated rings. The average molecular weight is 245 g/mol. The molecule has 0 saturated carbocycles. The maximum absolute atomic E-state index is 10.3. The Morgan fingerprint density at radius 3 is 2.89 bits per heavy atom. The Labute approximate surface area is 103 Å². The summed E-state index contributed by atoms with van der Waals surface area (Å²) in [6, 6.07) is 5.08. The first-order valence-electron chi connectivity index (χ1n) is 5.37. The van der Waals surface area contributed by atoms with Gasteiger partial charge < -0.3 is 9.15 Å². The predicted octanol–water partition coefficient (Wildman–Crippen LogP) is 2.27. The molecule has 1 heterocycles. The molecule has 6 heteroatoms. The highest BCUT2D eigenvalue weighted by Gasteiger charge is 2.10. The molecule has 18 heavy (non-hydrogen) atoms. The van der Waals surface area contributed by atoms with Gasteiger partial charge in [0, 0.05) is 12.0 Å². The van der Waals surface area contributed by atoms with Crippen LogP contribution in [-0.4, -0.2) is 23.4 Å². The molecular weight excluding hydrogens is 234 g/mol. The number of benzene rings is 1. The fourth-order valence-electron chi connectivity index (χ4n) is 1.47. The topological polar surface area (TPSA) is 77.6 Å². The van der Waals surface area contributed by atoms with Gasteiger partial charge in [-0.15, -0.1) is 10.2 Å². The van der Waals surface area contributed by atoms with Gasteiger partial charge in [-0.05, 0) is 18.2 Å². The Morgan fingerprint density at radius 2 is 2.28 bits per heavy atom. The van der Waals surface area contributed by atoms with Crippen molar-refractivity contribution in [2.75, 3.05) is 7.11 Å². The third-order valence-corrected chi connectivity index (χ3v) is 2.36. The highest BCUT2D eigenvalue weighted by Crippen LogP contribution is 2.31. The van der Waals surface area contributed by atoms with E-state index in [-0.39, 0.29) is 0 Å². The van der Waals surface area contributed by atoms with E-state index in [1.54, 1.807) is 18.2 Å². The molecule has 0 unspecified atom stereocenters. The molecule has 0 atom stereocenters. The normalized spacial score (nSPS) is 9.89. The summed E-state index contributed by atoms with van der Waals surface area (Å²) in [4.78, 5) is 13.9. The van der Waals surface area contributed by atoms with Crippen LogP contribution in [0.3, 0.4) is 0 Å². The van der Waals surface area contributed by atoms with Crippen LogP contribution in [0.15, 0.2) is 27.6 Å². The van der Waals surface area contributed by atoms with Gasteiger partial charge in [0.25, 0.3) is 0 Å². The van der Waals surface area contributed by atoms with Gasteiger partial charge in [-0.1, -0.05) is 6.92 Å². The number of methoxy groups -OCH3 is 1. The smallest absolute Gasteiger partial charge is 0.247 e. The van der Waals surface area contributed by atoms with E-state index < -0.39 is 0 Å². The quantitative estimate of drug-likeness (QED) is 0.610. The predicted molar refractivity (Wildman–Crippen MR) is 63.4 cm³/mol. The molecule has 0 aliphatic heterocycles. The van der Waals surface area contributed by atoms with Gasteiger partial charge in [0.05, 0.1) is 7.11 Å². The highest BCUT2D eigenvalue weighted by molar-refractivity contribution is 5.67. The number of hydrogen-bond donors (Lipinski definition) is 0. The minimum Gasteiger partial charge on any atom is -0.494 e. The van der Waals surface area contributed by atoms with Gasteiger partial charge in [0.15, 0.2) is 0 Å². The van der Waals surface area contributed by atoms with Gasteiger partial charge in [-0.3, -0.25) is 0 Å². The van der Waals surface area contributed by atoms with Crippen molar-refractivity contribution in [1.82, 2.24) is 10.2 Å². The van der Waals surface area contributed by atoms with Crippen LogP contribution in [0.1, 0.15) is 12.8 Å². The van der Waals surface area contributed by atoms with E-state index in [0.717, 1.165) is 0 Å². The average Bonchev–Trinajstić information content (AvgIpc) is 2.88. The van der Waals surface area contributed by atoms with Crippen molar-refractivity contribution < 1.29 is 13.9 Å². The van der Waals surface area contributed by atoms with Crippen LogP contribution in [0.2, 0.25) is 0 Å². The Bertz CT molecular complexity index is 600. The number of carbonyl (C=O) groups excluding carboxylic acids is 1. The van der Waals surface area contributed by atoms with Crippen LogP contribution in [0, 0.1) is 0 Å². The lowest BCUT2D eigenvalue weighted by Gasteiger charge is -2.03.